The van der Waals surface area contributed by atoms with Crippen LogP contribution < -0.4 is 10.3 Å². The van der Waals surface area contributed by atoms with Crippen molar-refractivity contribution in [2.45, 2.75) is 39.2 Å². The minimum absolute atomic E-state index is 0.263. The van der Waals surface area contributed by atoms with E-state index in [0.717, 1.165) is 17.3 Å². The van der Waals surface area contributed by atoms with Crippen LogP contribution in [0, 0.1) is 0 Å². The van der Waals surface area contributed by atoms with Crippen molar-refractivity contribution in [2.24, 2.45) is 5.10 Å². The molecular formula is C22H22BrN3O4. The molecule has 1 N–H and O–H groups in total. The van der Waals surface area contributed by atoms with Crippen LogP contribution in [0.1, 0.15) is 38.1 Å². The van der Waals surface area contributed by atoms with Crippen molar-refractivity contribution in [1.29, 1.82) is 0 Å². The van der Waals surface area contributed by atoms with E-state index in [0.29, 0.717) is 34.5 Å². The van der Waals surface area contributed by atoms with Gasteiger partial charge in [0.1, 0.15) is 11.6 Å². The fraction of sp³-hybridized carbons (Fsp3) is 0.273. The summed E-state index contributed by atoms with van der Waals surface area (Å²) in [5.41, 5.74) is 0.925. The van der Waals surface area contributed by atoms with E-state index in [2.05, 4.69) is 32.9 Å². The molecule has 0 aliphatic heterocycles. The molecule has 156 valence electrons. The van der Waals surface area contributed by atoms with Crippen molar-refractivity contribution in [3.05, 3.63) is 68.7 Å². The topological polar surface area (TPSA) is 93.8 Å². The predicted octanol–water partition coefficient (Wildman–Crippen LogP) is 4.24. The first kappa shape index (κ1) is 21.7. The van der Waals surface area contributed by atoms with Gasteiger partial charge in [-0.25, -0.2) is 9.78 Å². The molecule has 1 heterocycles. The van der Waals surface area contributed by atoms with Crippen LogP contribution in [-0.2, 0) is 11.2 Å². The Labute approximate surface area is 182 Å². The summed E-state index contributed by atoms with van der Waals surface area (Å²) >= 11 is 3.39. The molecule has 30 heavy (non-hydrogen) atoms. The highest BCUT2D eigenvalue weighted by molar-refractivity contribution is 9.10. The Kier molecular flexibility index (Phi) is 6.99. The molecule has 0 fully saturated rings. The van der Waals surface area contributed by atoms with E-state index in [1.807, 2.05) is 6.07 Å². The molecule has 3 rings (SSSR count). The van der Waals surface area contributed by atoms with Gasteiger partial charge in [-0.2, -0.15) is 9.78 Å². The SMILES string of the molecule is CCCCc1nc2ccc(Br)cc2c(=O)n1N=Cc1ccccc1O[C@H](C)C(=O)O. The highest BCUT2D eigenvalue weighted by atomic mass is 79.9. The maximum atomic E-state index is 13.1. The first-order valence-corrected chi connectivity index (χ1v) is 10.4. The van der Waals surface area contributed by atoms with Gasteiger partial charge < -0.3 is 9.84 Å². The molecule has 1 atom stereocenters. The van der Waals surface area contributed by atoms with E-state index in [1.165, 1.54) is 17.8 Å². The maximum Gasteiger partial charge on any atom is 0.344 e. The number of rotatable bonds is 8. The van der Waals surface area contributed by atoms with Gasteiger partial charge in [-0.1, -0.05) is 41.4 Å². The zero-order valence-electron chi connectivity index (χ0n) is 16.7. The number of aryl methyl sites for hydroxylation is 1. The zero-order chi connectivity index (χ0) is 21.7. The van der Waals surface area contributed by atoms with Crippen LogP contribution in [0.5, 0.6) is 5.75 Å². The number of hydrogen-bond donors (Lipinski definition) is 1. The molecule has 0 aliphatic rings. The Hall–Kier alpha value is -3.00. The number of unbranched alkanes of at least 4 members (excludes halogenated alkanes) is 1. The number of aliphatic carboxylic acids is 1. The third kappa shape index (κ3) is 4.94. The zero-order valence-corrected chi connectivity index (χ0v) is 18.3. The first-order chi connectivity index (χ1) is 14.4. The molecular weight excluding hydrogens is 450 g/mol. The first-order valence-electron chi connectivity index (χ1n) is 9.64. The van der Waals surface area contributed by atoms with E-state index in [-0.39, 0.29) is 5.56 Å². The quantitative estimate of drug-likeness (QED) is 0.495. The Morgan fingerprint density at radius 1 is 1.33 bits per heavy atom. The summed E-state index contributed by atoms with van der Waals surface area (Å²) in [7, 11) is 0. The number of hydrogen-bond acceptors (Lipinski definition) is 5. The van der Waals surface area contributed by atoms with E-state index in [1.54, 1.807) is 36.4 Å². The largest absolute Gasteiger partial charge is 0.479 e. The van der Waals surface area contributed by atoms with Crippen LogP contribution in [0.4, 0.5) is 0 Å². The normalized spacial score (nSPS) is 12.4. The minimum Gasteiger partial charge on any atom is -0.479 e. The van der Waals surface area contributed by atoms with Gasteiger partial charge in [0.25, 0.3) is 5.56 Å². The molecule has 7 nitrogen and oxygen atoms in total. The second-order valence-electron chi connectivity index (χ2n) is 6.79. The van der Waals surface area contributed by atoms with E-state index in [4.69, 9.17) is 9.84 Å². The van der Waals surface area contributed by atoms with Gasteiger partial charge in [-0.05, 0) is 43.7 Å². The molecule has 0 aliphatic carbocycles. The van der Waals surface area contributed by atoms with Crippen molar-refractivity contribution >= 4 is 39.0 Å². The Morgan fingerprint density at radius 2 is 2.10 bits per heavy atom. The number of nitrogens with zero attached hydrogens (tertiary/aromatic N) is 3. The standard InChI is InChI=1S/C22H22BrN3O4/c1-3-4-9-20-25-18-11-10-16(23)12-17(18)21(27)26(20)24-13-15-7-5-6-8-19(15)30-14(2)22(28)29/h5-8,10-14H,3-4,9H2,1-2H3,(H,28,29)/t14-/m1/s1. The second kappa shape index (κ2) is 9.67. The molecule has 0 amide bonds. The molecule has 3 aromatic rings. The Bertz CT molecular complexity index is 1160. The average molecular weight is 472 g/mol. The number of para-hydroxylation sites is 1. The average Bonchev–Trinajstić information content (AvgIpc) is 2.73. The highest BCUT2D eigenvalue weighted by Gasteiger charge is 2.15. The number of carboxylic acid groups (broad SMARTS) is 1. The van der Waals surface area contributed by atoms with Gasteiger partial charge >= 0.3 is 5.97 Å². The third-order valence-corrected chi connectivity index (χ3v) is 5.01. The lowest BCUT2D eigenvalue weighted by Gasteiger charge is -2.13. The van der Waals surface area contributed by atoms with Gasteiger partial charge in [0.2, 0.25) is 0 Å². The van der Waals surface area contributed by atoms with Crippen molar-refractivity contribution in [3.63, 3.8) is 0 Å². The molecule has 0 saturated carbocycles. The maximum absolute atomic E-state index is 13.1. The van der Waals surface area contributed by atoms with Crippen molar-refractivity contribution in [1.82, 2.24) is 9.66 Å². The number of ether oxygens (including phenoxy) is 1. The lowest BCUT2D eigenvalue weighted by molar-refractivity contribution is -0.144. The number of fused-ring (bicyclic) bond motifs is 1. The summed E-state index contributed by atoms with van der Waals surface area (Å²) in [5, 5.41) is 14.0. The lowest BCUT2D eigenvalue weighted by atomic mass is 10.2. The summed E-state index contributed by atoms with van der Waals surface area (Å²) in [6.45, 7) is 3.52. The van der Waals surface area contributed by atoms with E-state index in [9.17, 15) is 9.59 Å². The van der Waals surface area contributed by atoms with E-state index >= 15 is 0 Å². The van der Waals surface area contributed by atoms with Gasteiger partial charge in [0, 0.05) is 16.5 Å². The fourth-order valence-corrected chi connectivity index (χ4v) is 3.23. The molecule has 0 bridgehead atoms. The van der Waals surface area contributed by atoms with Crippen LogP contribution in [0.15, 0.2) is 56.8 Å². The summed E-state index contributed by atoms with van der Waals surface area (Å²) < 4.78 is 7.60. The summed E-state index contributed by atoms with van der Waals surface area (Å²) in [6, 6.07) is 12.3. The molecule has 1 aromatic heterocycles. The molecule has 2 aromatic carbocycles. The number of halogens is 1. The number of aromatic nitrogens is 2. The van der Waals surface area contributed by atoms with Crippen LogP contribution in [0.25, 0.3) is 10.9 Å². The monoisotopic (exact) mass is 471 g/mol. The van der Waals surface area contributed by atoms with Crippen LogP contribution in [0.3, 0.4) is 0 Å². The molecule has 0 saturated heterocycles. The van der Waals surface area contributed by atoms with Gasteiger partial charge in [0.05, 0.1) is 17.1 Å². The smallest absolute Gasteiger partial charge is 0.344 e. The second-order valence-corrected chi connectivity index (χ2v) is 7.71. The molecule has 0 spiro atoms. The van der Waals surface area contributed by atoms with Crippen LogP contribution in [0.2, 0.25) is 0 Å². The van der Waals surface area contributed by atoms with Crippen molar-refractivity contribution < 1.29 is 14.6 Å². The third-order valence-electron chi connectivity index (χ3n) is 4.51. The summed E-state index contributed by atoms with van der Waals surface area (Å²) in [6.07, 6.45) is 2.93. The number of carboxylic acids is 1. The highest BCUT2D eigenvalue weighted by Crippen LogP contribution is 2.19. The predicted molar refractivity (Wildman–Crippen MR) is 119 cm³/mol. The summed E-state index contributed by atoms with van der Waals surface area (Å²) in [5.74, 6) is -0.120. The van der Waals surface area contributed by atoms with Gasteiger partial charge in [-0.3, -0.25) is 4.79 Å². The van der Waals surface area contributed by atoms with Gasteiger partial charge in [0.15, 0.2) is 6.10 Å². The molecule has 0 unspecified atom stereocenters. The van der Waals surface area contributed by atoms with Crippen molar-refractivity contribution in [3.8, 4) is 5.75 Å². The summed E-state index contributed by atoms with van der Waals surface area (Å²) in [4.78, 5) is 28.9. The van der Waals surface area contributed by atoms with Gasteiger partial charge in [-0.15, -0.1) is 0 Å². The Balaban J connectivity index is 2.06. The number of carbonyl (C=O) groups is 1. The fourth-order valence-electron chi connectivity index (χ4n) is 2.87. The molecule has 8 heteroatoms. The van der Waals surface area contributed by atoms with E-state index < -0.39 is 12.1 Å². The molecule has 0 radical (unpaired) electrons. The van der Waals surface area contributed by atoms with Crippen LogP contribution >= 0.6 is 15.9 Å². The minimum atomic E-state index is -1.07. The lowest BCUT2D eigenvalue weighted by Crippen LogP contribution is -2.24. The van der Waals surface area contributed by atoms with Crippen molar-refractivity contribution in [2.75, 3.05) is 0 Å². The number of benzene rings is 2. The Morgan fingerprint density at radius 3 is 2.83 bits per heavy atom. The van der Waals surface area contributed by atoms with Crippen LogP contribution in [-0.4, -0.2) is 33.1 Å².